The monoisotopic (exact) mass is 398 g/mol. The zero-order chi connectivity index (χ0) is 22.4. The maximum atomic E-state index is 12.6. The van der Waals surface area contributed by atoms with Gasteiger partial charge in [-0.15, -0.1) is 0 Å². The van der Waals surface area contributed by atoms with E-state index in [4.69, 9.17) is 9.47 Å². The van der Waals surface area contributed by atoms with E-state index in [9.17, 15) is 4.79 Å². The summed E-state index contributed by atoms with van der Waals surface area (Å²) in [7, 11) is 0. The molecule has 0 spiro atoms. The van der Waals surface area contributed by atoms with E-state index in [2.05, 4.69) is 69.2 Å². The van der Waals surface area contributed by atoms with Crippen LogP contribution >= 0.6 is 0 Å². The molecule has 0 bridgehead atoms. The van der Waals surface area contributed by atoms with Crippen LogP contribution in [0.4, 0.5) is 0 Å². The van der Waals surface area contributed by atoms with Crippen LogP contribution in [0.25, 0.3) is 0 Å². The lowest BCUT2D eigenvalue weighted by Gasteiger charge is -2.40. The molecular weight excluding hydrogens is 348 g/mol. The fourth-order valence-electron chi connectivity index (χ4n) is 4.55. The lowest BCUT2D eigenvalue weighted by molar-refractivity contribution is -0.133. The highest BCUT2D eigenvalue weighted by Gasteiger charge is 2.38. The second-order valence-electron chi connectivity index (χ2n) is 12.1. The van der Waals surface area contributed by atoms with Gasteiger partial charge in [0.25, 0.3) is 0 Å². The van der Waals surface area contributed by atoms with Crippen LogP contribution in [0, 0.1) is 22.7 Å². The Balaban J connectivity index is 4.63. The van der Waals surface area contributed by atoms with Crippen molar-refractivity contribution in [2.24, 2.45) is 22.7 Å². The molecule has 0 radical (unpaired) electrons. The van der Waals surface area contributed by atoms with Gasteiger partial charge in [0.1, 0.15) is 5.78 Å². The number of ketones is 1. The summed E-state index contributed by atoms with van der Waals surface area (Å²) >= 11 is 0. The van der Waals surface area contributed by atoms with Crippen molar-refractivity contribution in [2.75, 3.05) is 13.2 Å². The second kappa shape index (κ2) is 10.6. The van der Waals surface area contributed by atoms with E-state index in [1.165, 1.54) is 0 Å². The topological polar surface area (TPSA) is 35.5 Å². The average Bonchev–Trinajstić information content (AvgIpc) is 2.42. The van der Waals surface area contributed by atoms with E-state index in [1.54, 1.807) is 0 Å². The van der Waals surface area contributed by atoms with Crippen molar-refractivity contribution in [2.45, 2.75) is 120 Å². The zero-order valence-electron chi connectivity index (χ0n) is 21.1. The molecule has 0 amide bonds. The SMILES string of the molecule is CC(C)CCOC(C)(C)CCOC(C)(C)CC(C)(C)CC(C)(C)C(=O)C(C)C. The third kappa shape index (κ3) is 11.6. The largest absolute Gasteiger partial charge is 0.375 e. The summed E-state index contributed by atoms with van der Waals surface area (Å²) in [6, 6.07) is 0. The standard InChI is InChI=1S/C25H50O3/c1-19(2)13-15-27-24(9,10)14-16-28-25(11,12)18-22(5,6)17-23(7,8)21(26)20(3)4/h19-20H,13-18H2,1-12H3. The maximum Gasteiger partial charge on any atom is 0.141 e. The van der Waals surface area contributed by atoms with Crippen molar-refractivity contribution in [1.29, 1.82) is 0 Å². The Bertz CT molecular complexity index is 470. The predicted molar refractivity (Wildman–Crippen MR) is 121 cm³/mol. The van der Waals surface area contributed by atoms with E-state index in [-0.39, 0.29) is 27.9 Å². The van der Waals surface area contributed by atoms with Crippen LogP contribution in [0.5, 0.6) is 0 Å². The minimum Gasteiger partial charge on any atom is -0.375 e. The van der Waals surface area contributed by atoms with Gasteiger partial charge in [0.15, 0.2) is 0 Å². The molecule has 0 rings (SSSR count). The third-order valence-corrected chi connectivity index (χ3v) is 5.40. The summed E-state index contributed by atoms with van der Waals surface area (Å²) < 4.78 is 12.3. The number of rotatable bonds is 14. The fraction of sp³-hybridized carbons (Fsp3) is 0.960. The van der Waals surface area contributed by atoms with Gasteiger partial charge in [-0.3, -0.25) is 4.79 Å². The molecule has 0 aliphatic heterocycles. The van der Waals surface area contributed by atoms with Crippen LogP contribution in [-0.2, 0) is 14.3 Å². The molecule has 0 aromatic heterocycles. The number of hydrogen-bond donors (Lipinski definition) is 0. The lowest BCUT2D eigenvalue weighted by atomic mass is 9.67. The van der Waals surface area contributed by atoms with Crippen LogP contribution in [0.1, 0.15) is 109 Å². The first-order valence-electron chi connectivity index (χ1n) is 11.2. The van der Waals surface area contributed by atoms with Crippen molar-refractivity contribution in [3.63, 3.8) is 0 Å². The van der Waals surface area contributed by atoms with Crippen LogP contribution in [0.2, 0.25) is 0 Å². The first-order valence-corrected chi connectivity index (χ1v) is 11.2. The first kappa shape index (κ1) is 27.6. The van der Waals surface area contributed by atoms with Crippen molar-refractivity contribution < 1.29 is 14.3 Å². The molecule has 0 unspecified atom stereocenters. The Labute approximate surface area is 176 Å². The van der Waals surface area contributed by atoms with E-state index >= 15 is 0 Å². The smallest absolute Gasteiger partial charge is 0.141 e. The molecule has 0 atom stereocenters. The first-order chi connectivity index (χ1) is 12.4. The van der Waals surface area contributed by atoms with Gasteiger partial charge in [-0.2, -0.15) is 0 Å². The van der Waals surface area contributed by atoms with Crippen molar-refractivity contribution in [1.82, 2.24) is 0 Å². The van der Waals surface area contributed by atoms with Crippen molar-refractivity contribution >= 4 is 5.78 Å². The van der Waals surface area contributed by atoms with Crippen LogP contribution in [0.3, 0.4) is 0 Å². The Hall–Kier alpha value is -0.410. The minimum absolute atomic E-state index is 0.0286. The summed E-state index contributed by atoms with van der Waals surface area (Å²) in [5, 5.41) is 0. The van der Waals surface area contributed by atoms with Gasteiger partial charge in [0.2, 0.25) is 0 Å². The molecule has 0 aliphatic carbocycles. The molecule has 0 aromatic rings. The van der Waals surface area contributed by atoms with Gasteiger partial charge in [-0.25, -0.2) is 0 Å². The fourth-order valence-corrected chi connectivity index (χ4v) is 4.55. The third-order valence-electron chi connectivity index (χ3n) is 5.40. The zero-order valence-corrected chi connectivity index (χ0v) is 21.1. The molecule has 28 heavy (non-hydrogen) atoms. The molecule has 0 aliphatic rings. The number of Topliss-reactive ketones (excluding diaryl/α,β-unsaturated/α-hetero) is 1. The quantitative estimate of drug-likeness (QED) is 0.314. The van der Waals surface area contributed by atoms with Gasteiger partial charge in [0.05, 0.1) is 17.8 Å². The number of hydrogen-bond acceptors (Lipinski definition) is 3. The van der Waals surface area contributed by atoms with Crippen LogP contribution < -0.4 is 0 Å². The van der Waals surface area contributed by atoms with E-state index in [0.717, 1.165) is 32.3 Å². The normalized spacial score (nSPS) is 14.2. The highest BCUT2D eigenvalue weighted by atomic mass is 16.5. The average molecular weight is 399 g/mol. The molecule has 0 saturated carbocycles. The summed E-state index contributed by atoms with van der Waals surface area (Å²) in [6.45, 7) is 27.2. The molecule has 0 heterocycles. The van der Waals surface area contributed by atoms with Crippen LogP contribution in [-0.4, -0.2) is 30.2 Å². The molecule has 3 heteroatoms. The van der Waals surface area contributed by atoms with Crippen molar-refractivity contribution in [3.8, 4) is 0 Å². The van der Waals surface area contributed by atoms with Gasteiger partial charge in [-0.1, -0.05) is 55.4 Å². The Morgan fingerprint density at radius 1 is 0.750 bits per heavy atom. The minimum atomic E-state index is -0.306. The predicted octanol–water partition coefficient (Wildman–Crippen LogP) is 7.07. The van der Waals surface area contributed by atoms with Gasteiger partial charge in [-0.05, 0) is 64.7 Å². The highest BCUT2D eigenvalue weighted by molar-refractivity contribution is 5.85. The van der Waals surface area contributed by atoms with E-state index in [0.29, 0.717) is 18.3 Å². The van der Waals surface area contributed by atoms with Gasteiger partial charge >= 0.3 is 0 Å². The molecule has 168 valence electrons. The number of carbonyl (C=O) groups is 1. The van der Waals surface area contributed by atoms with Crippen LogP contribution in [0.15, 0.2) is 0 Å². The molecule has 0 saturated heterocycles. The van der Waals surface area contributed by atoms with Crippen molar-refractivity contribution in [3.05, 3.63) is 0 Å². The number of carbonyl (C=O) groups excluding carboxylic acids is 1. The van der Waals surface area contributed by atoms with Gasteiger partial charge in [0, 0.05) is 17.9 Å². The summed E-state index contributed by atoms with van der Waals surface area (Å²) in [5.74, 6) is 1.09. The van der Waals surface area contributed by atoms with Gasteiger partial charge < -0.3 is 9.47 Å². The van der Waals surface area contributed by atoms with E-state index < -0.39 is 0 Å². The Morgan fingerprint density at radius 2 is 1.25 bits per heavy atom. The highest BCUT2D eigenvalue weighted by Crippen LogP contribution is 2.41. The molecule has 3 nitrogen and oxygen atoms in total. The summed E-state index contributed by atoms with van der Waals surface area (Å²) in [5.41, 5.74) is -0.665. The van der Waals surface area contributed by atoms with E-state index in [1.807, 2.05) is 13.8 Å². The second-order valence-corrected chi connectivity index (χ2v) is 12.1. The summed E-state index contributed by atoms with van der Waals surface area (Å²) in [6.07, 6.45) is 3.76. The summed E-state index contributed by atoms with van der Waals surface area (Å²) in [4.78, 5) is 12.6. The Kier molecular flexibility index (Phi) is 10.4. The number of ether oxygens (including phenoxy) is 2. The molecular formula is C25H50O3. The lowest BCUT2D eigenvalue weighted by Crippen LogP contribution is -2.38. The molecule has 0 N–H and O–H groups in total. The maximum absolute atomic E-state index is 12.6. The Morgan fingerprint density at radius 3 is 1.71 bits per heavy atom. The molecule has 0 fully saturated rings. The molecule has 0 aromatic carbocycles.